The minimum atomic E-state index is 0.528. The van der Waals surface area contributed by atoms with Crippen molar-refractivity contribution >= 4 is 0 Å². The van der Waals surface area contributed by atoms with Gasteiger partial charge in [0, 0.05) is 31.4 Å². The molecule has 0 amide bonds. The molecule has 1 fully saturated rings. The number of nitrogens with zero attached hydrogens (tertiary/aromatic N) is 5. The molecule has 0 atom stereocenters. The molecule has 0 bridgehead atoms. The Morgan fingerprint density at radius 3 is 2.57 bits per heavy atom. The normalized spacial score (nSPS) is 17.5. The molecule has 0 spiro atoms. The second-order valence-electron chi connectivity index (χ2n) is 6.07. The first-order chi connectivity index (χ1) is 10.1. The molecule has 2 aromatic rings. The maximum absolute atomic E-state index is 4.83. The Bertz CT molecular complexity index is 596. The van der Waals surface area contributed by atoms with Gasteiger partial charge in [0.15, 0.2) is 0 Å². The molecule has 1 saturated heterocycles. The number of rotatable bonds is 3. The molecule has 1 aliphatic heterocycles. The fraction of sp³-hybridized carbons (Fsp3) is 0.562. The van der Waals surface area contributed by atoms with Crippen molar-refractivity contribution in [3.63, 3.8) is 0 Å². The number of likely N-dealkylation sites (tertiary alicyclic amines) is 1. The van der Waals surface area contributed by atoms with E-state index in [2.05, 4.69) is 28.8 Å². The van der Waals surface area contributed by atoms with E-state index >= 15 is 0 Å². The summed E-state index contributed by atoms with van der Waals surface area (Å²) in [6.45, 7) is 6.84. The summed E-state index contributed by atoms with van der Waals surface area (Å²) in [7, 11) is 1.94. The van der Waals surface area contributed by atoms with Gasteiger partial charge in [-0.2, -0.15) is 5.10 Å². The first-order valence-electron chi connectivity index (χ1n) is 7.69. The van der Waals surface area contributed by atoms with Crippen LogP contribution in [0, 0.1) is 0 Å². The maximum Gasteiger partial charge on any atom is 0.107 e. The molecule has 2 aromatic heterocycles. The van der Waals surface area contributed by atoms with Crippen LogP contribution < -0.4 is 0 Å². The number of hydrogen-bond acceptors (Lipinski definition) is 4. The monoisotopic (exact) mass is 285 g/mol. The van der Waals surface area contributed by atoms with E-state index in [1.807, 2.05) is 30.2 Å². The van der Waals surface area contributed by atoms with Crippen molar-refractivity contribution in [3.8, 4) is 11.4 Å². The van der Waals surface area contributed by atoms with Crippen LogP contribution in [0.2, 0.25) is 0 Å². The van der Waals surface area contributed by atoms with E-state index in [9.17, 15) is 0 Å². The van der Waals surface area contributed by atoms with Gasteiger partial charge < -0.3 is 4.90 Å². The zero-order chi connectivity index (χ0) is 14.8. The van der Waals surface area contributed by atoms with Crippen LogP contribution in [-0.2, 0) is 7.05 Å². The van der Waals surface area contributed by atoms with E-state index in [0.717, 1.165) is 30.2 Å². The lowest BCUT2D eigenvalue weighted by molar-refractivity contribution is 0.170. The molecule has 0 saturated carbocycles. The summed E-state index contributed by atoms with van der Waals surface area (Å²) in [6.07, 6.45) is 7.88. The van der Waals surface area contributed by atoms with E-state index in [4.69, 9.17) is 4.98 Å². The minimum absolute atomic E-state index is 0.528. The highest BCUT2D eigenvalue weighted by molar-refractivity contribution is 5.52. The summed E-state index contributed by atoms with van der Waals surface area (Å²) >= 11 is 0. The second kappa shape index (κ2) is 5.93. The molecule has 0 aliphatic carbocycles. The Morgan fingerprint density at radius 1 is 1.19 bits per heavy atom. The van der Waals surface area contributed by atoms with E-state index < -0.39 is 0 Å². The van der Waals surface area contributed by atoms with Gasteiger partial charge in [-0.1, -0.05) is 0 Å². The van der Waals surface area contributed by atoms with Gasteiger partial charge in [-0.15, -0.1) is 0 Å². The third-order valence-corrected chi connectivity index (χ3v) is 4.41. The molecular weight excluding hydrogens is 262 g/mol. The standard InChI is InChI=1S/C16H23N5/c1-12(2)21-8-5-13(6-9-21)14-10-17-11-15(19-14)16-4-7-18-20(16)3/h4,7,10-13H,5-6,8-9H2,1-3H3. The predicted octanol–water partition coefficient (Wildman–Crippen LogP) is 2.46. The topological polar surface area (TPSA) is 46.8 Å². The van der Waals surface area contributed by atoms with Crippen LogP contribution in [-0.4, -0.2) is 43.8 Å². The zero-order valence-corrected chi connectivity index (χ0v) is 13.0. The maximum atomic E-state index is 4.83. The average molecular weight is 285 g/mol. The Labute approximate surface area is 126 Å². The van der Waals surface area contributed by atoms with Crippen molar-refractivity contribution in [2.24, 2.45) is 7.05 Å². The van der Waals surface area contributed by atoms with Gasteiger partial charge in [-0.3, -0.25) is 9.67 Å². The van der Waals surface area contributed by atoms with Gasteiger partial charge >= 0.3 is 0 Å². The smallest absolute Gasteiger partial charge is 0.107 e. The number of aryl methyl sites for hydroxylation is 1. The zero-order valence-electron chi connectivity index (χ0n) is 13.0. The molecule has 3 rings (SSSR count). The summed E-state index contributed by atoms with van der Waals surface area (Å²) in [5.74, 6) is 0.528. The molecule has 5 heteroatoms. The van der Waals surface area contributed by atoms with Gasteiger partial charge in [-0.25, -0.2) is 4.98 Å². The Kier molecular flexibility index (Phi) is 4.01. The molecule has 21 heavy (non-hydrogen) atoms. The van der Waals surface area contributed by atoms with Crippen LogP contribution >= 0.6 is 0 Å². The van der Waals surface area contributed by atoms with Gasteiger partial charge in [0.2, 0.25) is 0 Å². The van der Waals surface area contributed by atoms with Crippen LogP contribution in [0.15, 0.2) is 24.7 Å². The molecule has 0 N–H and O–H groups in total. The lowest BCUT2D eigenvalue weighted by atomic mass is 9.93. The van der Waals surface area contributed by atoms with Crippen molar-refractivity contribution < 1.29 is 0 Å². The predicted molar refractivity (Wildman–Crippen MR) is 82.9 cm³/mol. The van der Waals surface area contributed by atoms with Crippen molar-refractivity contribution in [3.05, 3.63) is 30.4 Å². The lowest BCUT2D eigenvalue weighted by Crippen LogP contribution is -2.38. The Morgan fingerprint density at radius 2 is 1.95 bits per heavy atom. The van der Waals surface area contributed by atoms with Crippen molar-refractivity contribution in [1.82, 2.24) is 24.6 Å². The molecular formula is C16H23N5. The SMILES string of the molecule is CC(C)N1CCC(c2cncc(-c3ccnn3C)n2)CC1. The third kappa shape index (κ3) is 2.97. The fourth-order valence-electron chi connectivity index (χ4n) is 3.04. The van der Waals surface area contributed by atoms with Crippen LogP contribution in [0.4, 0.5) is 0 Å². The molecule has 0 aromatic carbocycles. The highest BCUT2D eigenvalue weighted by atomic mass is 15.3. The summed E-state index contributed by atoms with van der Waals surface area (Å²) in [6, 6.07) is 2.62. The lowest BCUT2D eigenvalue weighted by Gasteiger charge is -2.34. The Hall–Kier alpha value is -1.75. The third-order valence-electron chi connectivity index (χ3n) is 4.41. The van der Waals surface area contributed by atoms with Gasteiger partial charge in [-0.05, 0) is 45.8 Å². The first kappa shape index (κ1) is 14.2. The van der Waals surface area contributed by atoms with Crippen molar-refractivity contribution in [1.29, 1.82) is 0 Å². The highest BCUT2D eigenvalue weighted by Gasteiger charge is 2.23. The van der Waals surface area contributed by atoms with Crippen molar-refractivity contribution in [2.75, 3.05) is 13.1 Å². The summed E-state index contributed by atoms with van der Waals surface area (Å²) in [4.78, 5) is 11.8. The summed E-state index contributed by atoms with van der Waals surface area (Å²) in [5, 5.41) is 4.21. The highest BCUT2D eigenvalue weighted by Crippen LogP contribution is 2.28. The minimum Gasteiger partial charge on any atom is -0.301 e. The summed E-state index contributed by atoms with van der Waals surface area (Å²) < 4.78 is 1.84. The fourth-order valence-corrected chi connectivity index (χ4v) is 3.04. The van der Waals surface area contributed by atoms with Crippen molar-refractivity contribution in [2.45, 2.75) is 38.6 Å². The largest absolute Gasteiger partial charge is 0.301 e. The second-order valence-corrected chi connectivity index (χ2v) is 6.07. The van der Waals surface area contributed by atoms with Gasteiger partial charge in [0.25, 0.3) is 0 Å². The molecule has 5 nitrogen and oxygen atoms in total. The molecule has 3 heterocycles. The van der Waals surface area contributed by atoms with Crippen LogP contribution in [0.5, 0.6) is 0 Å². The first-order valence-corrected chi connectivity index (χ1v) is 7.69. The van der Waals surface area contributed by atoms with E-state index in [-0.39, 0.29) is 0 Å². The molecule has 0 radical (unpaired) electrons. The van der Waals surface area contributed by atoms with E-state index in [1.165, 1.54) is 12.8 Å². The Balaban J connectivity index is 1.77. The van der Waals surface area contributed by atoms with Gasteiger partial charge in [0.1, 0.15) is 5.69 Å². The van der Waals surface area contributed by atoms with Crippen LogP contribution in [0.25, 0.3) is 11.4 Å². The van der Waals surface area contributed by atoms with Crippen LogP contribution in [0.3, 0.4) is 0 Å². The van der Waals surface area contributed by atoms with E-state index in [1.54, 1.807) is 6.20 Å². The number of aromatic nitrogens is 4. The molecule has 1 aliphatic rings. The molecule has 112 valence electrons. The van der Waals surface area contributed by atoms with Gasteiger partial charge in [0.05, 0.1) is 17.6 Å². The average Bonchev–Trinajstić information content (AvgIpc) is 2.94. The quantitative estimate of drug-likeness (QED) is 0.869. The molecule has 0 unspecified atom stereocenters. The van der Waals surface area contributed by atoms with E-state index in [0.29, 0.717) is 12.0 Å². The number of hydrogen-bond donors (Lipinski definition) is 0. The van der Waals surface area contributed by atoms with Crippen LogP contribution in [0.1, 0.15) is 38.3 Å². The number of piperidine rings is 1. The summed E-state index contributed by atoms with van der Waals surface area (Å²) in [5.41, 5.74) is 3.06.